The maximum Gasteiger partial charge on any atom is 0.313 e. The summed E-state index contributed by atoms with van der Waals surface area (Å²) in [6.07, 6.45) is 0. The highest BCUT2D eigenvalue weighted by molar-refractivity contribution is 8.23. The molecule has 0 radical (unpaired) electrons. The quantitative estimate of drug-likeness (QED) is 0.708. The number of carbonyl (C=O) groups is 2. The summed E-state index contributed by atoms with van der Waals surface area (Å²) in [5.41, 5.74) is 0. The Bertz CT molecular complexity index is 372. The van der Waals surface area contributed by atoms with E-state index in [4.69, 9.17) is 34.6 Å². The third-order valence-electron chi connectivity index (χ3n) is 2.43. The molecule has 6 nitrogen and oxygen atoms in total. The molecular weight excluding hydrogens is 340 g/mol. The lowest BCUT2D eigenvalue weighted by molar-refractivity contribution is -0.134. The van der Waals surface area contributed by atoms with Gasteiger partial charge in [-0.05, 0) is 0 Å². The van der Waals surface area contributed by atoms with Crippen LogP contribution in [0.5, 0.6) is 0 Å². The summed E-state index contributed by atoms with van der Waals surface area (Å²) in [6, 6.07) is 0. The van der Waals surface area contributed by atoms with Crippen molar-refractivity contribution >= 4 is 68.5 Å². The molecule has 1 aliphatic heterocycles. The smallest absolute Gasteiger partial charge is 0.313 e. The van der Waals surface area contributed by atoms with Gasteiger partial charge in [-0.1, -0.05) is 48.0 Å². The minimum atomic E-state index is -0.887. The topological polar surface area (TPSA) is 81.1 Å². The molecule has 1 saturated heterocycles. The van der Waals surface area contributed by atoms with Gasteiger partial charge in [0.25, 0.3) is 0 Å². The van der Waals surface area contributed by atoms with Crippen LogP contribution in [-0.4, -0.2) is 78.3 Å². The molecule has 0 atom stereocenters. The van der Waals surface area contributed by atoms with Crippen LogP contribution in [0.4, 0.5) is 0 Å². The maximum absolute atomic E-state index is 10.5. The summed E-state index contributed by atoms with van der Waals surface area (Å²) in [4.78, 5) is 24.9. The fourth-order valence-corrected chi connectivity index (χ4v) is 3.44. The van der Waals surface area contributed by atoms with Crippen LogP contribution in [0.25, 0.3) is 0 Å². The molecule has 1 aliphatic rings. The molecule has 0 aromatic carbocycles. The zero-order chi connectivity index (χ0) is 15.1. The van der Waals surface area contributed by atoms with Crippen LogP contribution < -0.4 is 0 Å². The summed E-state index contributed by atoms with van der Waals surface area (Å²) >= 11 is 12.6. The normalized spacial score (nSPS) is 15.0. The largest absolute Gasteiger partial charge is 0.481 e. The number of thioether (sulfide) groups is 2. The first-order valence-electron chi connectivity index (χ1n) is 5.67. The number of hydrogen-bond acceptors (Lipinski definition) is 6. The number of aliphatic carboxylic acids is 2. The predicted molar refractivity (Wildman–Crippen MR) is 88.5 cm³/mol. The molecule has 1 heterocycles. The molecule has 0 aromatic heterocycles. The van der Waals surface area contributed by atoms with E-state index in [2.05, 4.69) is 0 Å². The molecule has 0 aliphatic carbocycles. The van der Waals surface area contributed by atoms with E-state index in [1.165, 1.54) is 0 Å². The molecule has 0 aromatic rings. The highest BCUT2D eigenvalue weighted by Gasteiger charge is 2.21. The standard InChI is InChI=1S/C10H14N2O4S4/c13-7(14)5-19-9(17)11-1-2-12(4-3-11)10(18)20-6-8(15)16/h1-6H2,(H,13,14)(H,15,16). The van der Waals surface area contributed by atoms with Crippen LogP contribution >= 0.6 is 48.0 Å². The van der Waals surface area contributed by atoms with E-state index in [1.54, 1.807) is 0 Å². The van der Waals surface area contributed by atoms with E-state index in [9.17, 15) is 9.59 Å². The molecule has 20 heavy (non-hydrogen) atoms. The van der Waals surface area contributed by atoms with Crippen molar-refractivity contribution in [3.63, 3.8) is 0 Å². The molecular formula is C10H14N2O4S4. The second kappa shape index (κ2) is 8.65. The Balaban J connectivity index is 2.32. The predicted octanol–water partition coefficient (Wildman–Crippen LogP) is 0.809. The Morgan fingerprint density at radius 3 is 1.40 bits per heavy atom. The Hall–Kier alpha value is -0.580. The van der Waals surface area contributed by atoms with Gasteiger partial charge in [0.15, 0.2) is 0 Å². The van der Waals surface area contributed by atoms with Crippen LogP contribution in [-0.2, 0) is 9.59 Å². The van der Waals surface area contributed by atoms with Gasteiger partial charge in [0.2, 0.25) is 0 Å². The zero-order valence-electron chi connectivity index (χ0n) is 10.5. The molecule has 0 bridgehead atoms. The summed E-state index contributed by atoms with van der Waals surface area (Å²) in [6.45, 7) is 2.66. The molecule has 1 fully saturated rings. The van der Waals surface area contributed by atoms with E-state index in [-0.39, 0.29) is 11.5 Å². The van der Waals surface area contributed by atoms with Crippen LogP contribution in [0, 0.1) is 0 Å². The van der Waals surface area contributed by atoms with Gasteiger partial charge in [-0.2, -0.15) is 0 Å². The molecule has 0 amide bonds. The summed E-state index contributed by atoms with van der Waals surface area (Å²) in [5, 5.41) is 17.2. The Morgan fingerprint density at radius 2 is 1.15 bits per heavy atom. The van der Waals surface area contributed by atoms with Crippen LogP contribution in [0.1, 0.15) is 0 Å². The SMILES string of the molecule is O=C(O)CSC(=S)N1CCN(C(=S)SCC(=O)O)CC1. The van der Waals surface area contributed by atoms with Gasteiger partial charge < -0.3 is 20.0 Å². The van der Waals surface area contributed by atoms with Crippen molar-refractivity contribution in [1.29, 1.82) is 0 Å². The first-order valence-corrected chi connectivity index (χ1v) is 8.46. The lowest BCUT2D eigenvalue weighted by Crippen LogP contribution is -2.48. The minimum absolute atomic E-state index is 0.0358. The molecule has 2 N–H and O–H groups in total. The highest BCUT2D eigenvalue weighted by atomic mass is 32.2. The van der Waals surface area contributed by atoms with Crippen molar-refractivity contribution in [2.24, 2.45) is 0 Å². The molecule has 0 spiro atoms. The molecule has 112 valence electrons. The summed E-state index contributed by atoms with van der Waals surface area (Å²) in [7, 11) is 0. The number of thiocarbonyl (C=S) groups is 2. The van der Waals surface area contributed by atoms with E-state index < -0.39 is 11.9 Å². The third kappa shape index (κ3) is 6.25. The van der Waals surface area contributed by atoms with E-state index in [0.717, 1.165) is 23.5 Å². The van der Waals surface area contributed by atoms with Crippen molar-refractivity contribution in [3.8, 4) is 0 Å². The summed E-state index contributed by atoms with van der Waals surface area (Å²) < 4.78 is 1.16. The zero-order valence-corrected chi connectivity index (χ0v) is 13.7. The Labute approximate surface area is 135 Å². The van der Waals surface area contributed by atoms with Gasteiger partial charge >= 0.3 is 11.9 Å². The van der Waals surface area contributed by atoms with Gasteiger partial charge in [-0.15, -0.1) is 0 Å². The number of nitrogens with zero attached hydrogens (tertiary/aromatic N) is 2. The lowest BCUT2D eigenvalue weighted by atomic mass is 10.4. The second-order valence-electron chi connectivity index (χ2n) is 3.87. The van der Waals surface area contributed by atoms with Crippen molar-refractivity contribution < 1.29 is 19.8 Å². The molecule has 0 unspecified atom stereocenters. The Morgan fingerprint density at radius 1 is 0.850 bits per heavy atom. The van der Waals surface area contributed by atoms with Crippen LogP contribution in [0.15, 0.2) is 0 Å². The maximum atomic E-state index is 10.5. The number of carboxylic acids is 2. The average Bonchev–Trinajstić information content (AvgIpc) is 2.42. The highest BCUT2D eigenvalue weighted by Crippen LogP contribution is 2.16. The van der Waals surface area contributed by atoms with E-state index >= 15 is 0 Å². The first kappa shape index (κ1) is 17.5. The third-order valence-corrected chi connectivity index (χ3v) is 5.45. The van der Waals surface area contributed by atoms with Crippen molar-refractivity contribution in [1.82, 2.24) is 9.80 Å². The molecule has 0 saturated carbocycles. The van der Waals surface area contributed by atoms with Crippen molar-refractivity contribution in [2.75, 3.05) is 37.7 Å². The van der Waals surface area contributed by atoms with Gasteiger partial charge in [-0.25, -0.2) is 0 Å². The van der Waals surface area contributed by atoms with Gasteiger partial charge in [-0.3, -0.25) is 9.59 Å². The number of piperazine rings is 1. The second-order valence-corrected chi connectivity index (χ2v) is 7.09. The number of hydrogen-bond donors (Lipinski definition) is 2. The number of carboxylic acid groups (broad SMARTS) is 2. The van der Waals surface area contributed by atoms with Gasteiger partial charge in [0, 0.05) is 26.2 Å². The van der Waals surface area contributed by atoms with E-state index in [1.807, 2.05) is 9.80 Å². The fraction of sp³-hybridized carbons (Fsp3) is 0.600. The lowest BCUT2D eigenvalue weighted by Gasteiger charge is -2.36. The van der Waals surface area contributed by atoms with Crippen molar-refractivity contribution in [2.45, 2.75) is 0 Å². The molecule has 1 rings (SSSR count). The minimum Gasteiger partial charge on any atom is -0.481 e. The Kier molecular flexibility index (Phi) is 7.56. The fourth-order valence-electron chi connectivity index (χ4n) is 1.50. The van der Waals surface area contributed by atoms with Gasteiger partial charge in [0.05, 0.1) is 11.5 Å². The van der Waals surface area contributed by atoms with Crippen molar-refractivity contribution in [3.05, 3.63) is 0 Å². The monoisotopic (exact) mass is 354 g/mol. The molecule has 10 heteroatoms. The first-order chi connectivity index (χ1) is 9.40. The van der Waals surface area contributed by atoms with Crippen LogP contribution in [0.2, 0.25) is 0 Å². The van der Waals surface area contributed by atoms with Gasteiger partial charge in [0.1, 0.15) is 8.64 Å². The van der Waals surface area contributed by atoms with Crippen LogP contribution in [0.3, 0.4) is 0 Å². The average molecular weight is 355 g/mol. The number of rotatable bonds is 4. The van der Waals surface area contributed by atoms with E-state index in [0.29, 0.717) is 34.8 Å². The summed E-state index contributed by atoms with van der Waals surface area (Å²) in [5.74, 6) is -1.85.